The van der Waals surface area contributed by atoms with E-state index in [1.54, 1.807) is 0 Å². The highest BCUT2D eigenvalue weighted by atomic mass is 16.1. The van der Waals surface area contributed by atoms with Gasteiger partial charge in [0.15, 0.2) is 0 Å². The lowest BCUT2D eigenvalue weighted by Gasteiger charge is -2.59. The SMILES string of the molecule is CC(NC(=O)c1cccc2ccccc12)C12CC3CC(CC(C3)C1)C2. The fourth-order valence-electron chi connectivity index (χ4n) is 6.56. The standard InChI is InChI=1S/C23H27NO/c1-15(23-12-16-9-17(13-23)11-18(10-16)14-23)24-22(25)21-8-4-6-19-5-2-3-7-20(19)21/h2-8,15-18H,9-14H2,1H3,(H,24,25). The Kier molecular flexibility index (Phi) is 3.45. The van der Waals surface area contributed by atoms with E-state index in [4.69, 9.17) is 0 Å². The van der Waals surface area contributed by atoms with Gasteiger partial charge in [-0.25, -0.2) is 0 Å². The zero-order chi connectivity index (χ0) is 17.0. The zero-order valence-corrected chi connectivity index (χ0v) is 15.0. The first-order chi connectivity index (χ1) is 12.1. The van der Waals surface area contributed by atoms with Crippen LogP contribution in [0.4, 0.5) is 0 Å². The third-order valence-electron chi connectivity index (χ3n) is 7.39. The Morgan fingerprint density at radius 3 is 2.24 bits per heavy atom. The molecule has 2 aromatic rings. The lowest BCUT2D eigenvalue weighted by Crippen LogP contribution is -2.55. The third-order valence-corrected chi connectivity index (χ3v) is 7.39. The monoisotopic (exact) mass is 333 g/mol. The Hall–Kier alpha value is -1.83. The summed E-state index contributed by atoms with van der Waals surface area (Å²) in [6, 6.07) is 14.5. The number of amides is 1. The molecule has 4 aliphatic carbocycles. The first-order valence-corrected chi connectivity index (χ1v) is 9.92. The van der Waals surface area contributed by atoms with E-state index in [1.807, 2.05) is 24.3 Å². The molecule has 1 N–H and O–H groups in total. The van der Waals surface area contributed by atoms with Crippen molar-refractivity contribution in [1.82, 2.24) is 5.32 Å². The molecule has 1 amide bonds. The van der Waals surface area contributed by atoms with E-state index in [0.29, 0.717) is 5.41 Å². The smallest absolute Gasteiger partial charge is 0.252 e. The molecule has 1 unspecified atom stereocenters. The molecule has 2 heteroatoms. The van der Waals surface area contributed by atoms with Crippen LogP contribution in [0.25, 0.3) is 10.8 Å². The van der Waals surface area contributed by atoms with Crippen molar-refractivity contribution >= 4 is 16.7 Å². The topological polar surface area (TPSA) is 29.1 Å². The first-order valence-electron chi connectivity index (χ1n) is 9.92. The predicted octanol–water partition coefficient (Wildman–Crippen LogP) is 5.17. The second-order valence-electron chi connectivity index (χ2n) is 9.00. The van der Waals surface area contributed by atoms with Gasteiger partial charge >= 0.3 is 0 Å². The van der Waals surface area contributed by atoms with Gasteiger partial charge in [-0.3, -0.25) is 4.79 Å². The van der Waals surface area contributed by atoms with Crippen molar-refractivity contribution in [3.63, 3.8) is 0 Å². The number of hydrogen-bond donors (Lipinski definition) is 1. The molecule has 0 saturated heterocycles. The maximum atomic E-state index is 13.1. The van der Waals surface area contributed by atoms with Crippen LogP contribution in [-0.2, 0) is 0 Å². The van der Waals surface area contributed by atoms with E-state index in [2.05, 4.69) is 30.4 Å². The van der Waals surface area contributed by atoms with Crippen molar-refractivity contribution in [2.75, 3.05) is 0 Å². The lowest BCUT2D eigenvalue weighted by atomic mass is 9.48. The minimum Gasteiger partial charge on any atom is -0.349 e. The van der Waals surface area contributed by atoms with Gasteiger partial charge in [-0.05, 0) is 85.5 Å². The molecule has 2 nitrogen and oxygen atoms in total. The molecule has 25 heavy (non-hydrogen) atoms. The highest BCUT2D eigenvalue weighted by Crippen LogP contribution is 2.61. The van der Waals surface area contributed by atoms with Crippen LogP contribution < -0.4 is 5.32 Å². The summed E-state index contributed by atoms with van der Waals surface area (Å²) in [6.07, 6.45) is 8.33. The highest BCUT2D eigenvalue weighted by molar-refractivity contribution is 6.07. The van der Waals surface area contributed by atoms with E-state index in [9.17, 15) is 4.79 Å². The molecule has 4 bridgehead atoms. The Morgan fingerprint density at radius 1 is 0.960 bits per heavy atom. The molecule has 2 aromatic carbocycles. The Balaban J connectivity index is 1.40. The van der Waals surface area contributed by atoms with Crippen LogP contribution in [0.1, 0.15) is 55.8 Å². The number of carbonyl (C=O) groups is 1. The molecule has 0 aromatic heterocycles. The quantitative estimate of drug-likeness (QED) is 0.824. The van der Waals surface area contributed by atoms with Gasteiger partial charge in [-0.1, -0.05) is 36.4 Å². The Morgan fingerprint density at radius 2 is 1.56 bits per heavy atom. The van der Waals surface area contributed by atoms with Gasteiger partial charge in [0.1, 0.15) is 0 Å². The van der Waals surface area contributed by atoms with Gasteiger partial charge in [0.2, 0.25) is 0 Å². The Bertz CT molecular complexity index is 783. The summed E-state index contributed by atoms with van der Waals surface area (Å²) in [5.41, 5.74) is 1.17. The number of hydrogen-bond acceptors (Lipinski definition) is 1. The average Bonchev–Trinajstić information content (AvgIpc) is 2.60. The van der Waals surface area contributed by atoms with Crippen LogP contribution >= 0.6 is 0 Å². The van der Waals surface area contributed by atoms with E-state index >= 15 is 0 Å². The summed E-state index contributed by atoms with van der Waals surface area (Å²) >= 11 is 0. The maximum Gasteiger partial charge on any atom is 0.252 e. The van der Waals surface area contributed by atoms with Crippen LogP contribution in [0, 0.1) is 23.2 Å². The number of nitrogens with one attached hydrogen (secondary N) is 1. The van der Waals surface area contributed by atoms with E-state index in [1.165, 1.54) is 38.5 Å². The molecule has 4 fully saturated rings. The van der Waals surface area contributed by atoms with Crippen LogP contribution in [-0.4, -0.2) is 11.9 Å². The number of rotatable bonds is 3. The van der Waals surface area contributed by atoms with Gasteiger partial charge in [0.25, 0.3) is 5.91 Å². The Labute approximate surface area is 150 Å². The molecule has 6 rings (SSSR count). The molecule has 0 heterocycles. The summed E-state index contributed by atoms with van der Waals surface area (Å²) in [5.74, 6) is 2.86. The van der Waals surface area contributed by atoms with Gasteiger partial charge in [-0.2, -0.15) is 0 Å². The zero-order valence-electron chi connectivity index (χ0n) is 15.0. The molecule has 0 radical (unpaired) electrons. The van der Waals surface area contributed by atoms with Crippen molar-refractivity contribution in [2.45, 2.75) is 51.5 Å². The molecule has 4 saturated carbocycles. The van der Waals surface area contributed by atoms with E-state index in [-0.39, 0.29) is 11.9 Å². The van der Waals surface area contributed by atoms with Gasteiger partial charge in [0, 0.05) is 11.6 Å². The second kappa shape index (κ2) is 5.59. The van der Waals surface area contributed by atoms with Crippen LogP contribution in [0.2, 0.25) is 0 Å². The van der Waals surface area contributed by atoms with Gasteiger partial charge in [-0.15, -0.1) is 0 Å². The minimum atomic E-state index is 0.0973. The summed E-state index contributed by atoms with van der Waals surface area (Å²) < 4.78 is 0. The van der Waals surface area contributed by atoms with Gasteiger partial charge < -0.3 is 5.32 Å². The number of benzene rings is 2. The summed E-state index contributed by atoms with van der Waals surface area (Å²) in [4.78, 5) is 13.1. The third kappa shape index (κ3) is 2.49. The number of carbonyl (C=O) groups excluding carboxylic acids is 1. The van der Waals surface area contributed by atoms with Crippen LogP contribution in [0.15, 0.2) is 42.5 Å². The highest BCUT2D eigenvalue weighted by Gasteiger charge is 2.53. The van der Waals surface area contributed by atoms with Crippen LogP contribution in [0.3, 0.4) is 0 Å². The molecule has 1 atom stereocenters. The normalized spacial score (nSPS) is 34.2. The van der Waals surface area contributed by atoms with Gasteiger partial charge in [0.05, 0.1) is 0 Å². The second-order valence-corrected chi connectivity index (χ2v) is 9.00. The lowest BCUT2D eigenvalue weighted by molar-refractivity contribution is -0.0687. The fourth-order valence-corrected chi connectivity index (χ4v) is 6.56. The fraction of sp³-hybridized carbons (Fsp3) is 0.522. The minimum absolute atomic E-state index is 0.0973. The molecular formula is C23H27NO. The molecule has 0 aliphatic heterocycles. The predicted molar refractivity (Wildman–Crippen MR) is 101 cm³/mol. The summed E-state index contributed by atoms with van der Waals surface area (Å²) in [5, 5.41) is 5.60. The molecule has 130 valence electrons. The molecule has 4 aliphatic rings. The molecular weight excluding hydrogens is 306 g/mol. The van der Waals surface area contributed by atoms with Crippen molar-refractivity contribution < 1.29 is 4.79 Å². The molecule has 0 spiro atoms. The largest absolute Gasteiger partial charge is 0.349 e. The maximum absolute atomic E-state index is 13.1. The van der Waals surface area contributed by atoms with Crippen molar-refractivity contribution in [1.29, 1.82) is 0 Å². The summed E-state index contributed by atoms with van der Waals surface area (Å²) in [7, 11) is 0. The summed E-state index contributed by atoms with van der Waals surface area (Å²) in [6.45, 7) is 2.26. The van der Waals surface area contributed by atoms with Crippen molar-refractivity contribution in [3.8, 4) is 0 Å². The average molecular weight is 333 g/mol. The van der Waals surface area contributed by atoms with Crippen molar-refractivity contribution in [2.24, 2.45) is 23.2 Å². The van der Waals surface area contributed by atoms with E-state index < -0.39 is 0 Å². The number of fused-ring (bicyclic) bond motifs is 1. The van der Waals surface area contributed by atoms with Crippen LogP contribution in [0.5, 0.6) is 0 Å². The first kappa shape index (κ1) is 15.4. The van der Waals surface area contributed by atoms with E-state index in [0.717, 1.165) is 34.1 Å². The van der Waals surface area contributed by atoms with Crippen molar-refractivity contribution in [3.05, 3.63) is 48.0 Å².